The number of aliphatic carboxylic acids is 1. The second-order valence-electron chi connectivity index (χ2n) is 7.54. The number of nitrogens with one attached hydrogen (secondary N) is 1. The monoisotopic (exact) mass is 306 g/mol. The molecule has 2 fully saturated rings. The normalized spacial score (nSPS) is 30.5. The van der Waals surface area contributed by atoms with E-state index in [1.54, 1.807) is 6.07 Å². The van der Waals surface area contributed by atoms with Crippen molar-refractivity contribution in [3.8, 4) is 0 Å². The fraction of sp³-hybridized carbons (Fsp3) is 0.688. The van der Waals surface area contributed by atoms with Gasteiger partial charge in [-0.3, -0.25) is 9.59 Å². The lowest BCUT2D eigenvalue weighted by Crippen LogP contribution is -2.37. The highest BCUT2D eigenvalue weighted by Crippen LogP contribution is 2.52. The van der Waals surface area contributed by atoms with E-state index in [4.69, 9.17) is 4.52 Å². The van der Waals surface area contributed by atoms with Crippen LogP contribution in [0.5, 0.6) is 0 Å². The Labute approximate surface area is 129 Å². The van der Waals surface area contributed by atoms with Crippen LogP contribution < -0.4 is 5.32 Å². The zero-order chi connectivity index (χ0) is 16.1. The van der Waals surface area contributed by atoms with Crippen LogP contribution in [-0.4, -0.2) is 22.1 Å². The summed E-state index contributed by atoms with van der Waals surface area (Å²) in [6, 6.07) is 1.71. The molecule has 1 aromatic rings. The smallest absolute Gasteiger partial charge is 0.307 e. The van der Waals surface area contributed by atoms with E-state index in [2.05, 4.69) is 10.5 Å². The molecule has 2 N–H and O–H groups in total. The molecule has 0 aromatic carbocycles. The molecule has 1 aromatic heterocycles. The van der Waals surface area contributed by atoms with E-state index >= 15 is 0 Å². The lowest BCUT2D eigenvalue weighted by atomic mass is 9.79. The van der Waals surface area contributed by atoms with Gasteiger partial charge in [0.1, 0.15) is 5.76 Å². The molecule has 2 aliphatic rings. The van der Waals surface area contributed by atoms with Crippen molar-refractivity contribution in [1.82, 2.24) is 5.16 Å². The summed E-state index contributed by atoms with van der Waals surface area (Å²) in [7, 11) is 0. The Morgan fingerprint density at radius 2 is 1.91 bits per heavy atom. The molecule has 2 saturated carbocycles. The molecule has 4 unspecified atom stereocenters. The van der Waals surface area contributed by atoms with Crippen LogP contribution in [0.15, 0.2) is 10.6 Å². The van der Waals surface area contributed by atoms with Gasteiger partial charge in [-0.05, 0) is 31.1 Å². The summed E-state index contributed by atoms with van der Waals surface area (Å²) in [5.74, 6) is -0.747. The molecule has 0 radical (unpaired) electrons. The standard InChI is InChI=1S/C16H22N2O4/c1-16(2,3)10-7-11(18-22-10)17-14(19)12-8-4-5-9(6-8)13(12)15(20)21/h7-9,12-13H,4-6H2,1-3H3,(H,20,21)(H,17,18,19). The summed E-state index contributed by atoms with van der Waals surface area (Å²) in [6.45, 7) is 5.99. The number of carbonyl (C=O) groups is 2. The van der Waals surface area contributed by atoms with Crippen LogP contribution in [-0.2, 0) is 15.0 Å². The van der Waals surface area contributed by atoms with Crippen LogP contribution in [0.3, 0.4) is 0 Å². The van der Waals surface area contributed by atoms with Gasteiger partial charge in [0.2, 0.25) is 5.91 Å². The average Bonchev–Trinajstić information content (AvgIpc) is 3.11. The molecule has 22 heavy (non-hydrogen) atoms. The lowest BCUT2D eigenvalue weighted by Gasteiger charge is -2.26. The largest absolute Gasteiger partial charge is 0.481 e. The Hall–Kier alpha value is -1.85. The number of hydrogen-bond donors (Lipinski definition) is 2. The number of carboxylic acids is 1. The molecule has 1 heterocycles. The van der Waals surface area contributed by atoms with Crippen molar-refractivity contribution in [2.45, 2.75) is 45.4 Å². The maximum atomic E-state index is 12.5. The molecule has 120 valence electrons. The van der Waals surface area contributed by atoms with E-state index in [0.717, 1.165) is 19.3 Å². The lowest BCUT2D eigenvalue weighted by molar-refractivity contribution is -0.148. The Morgan fingerprint density at radius 1 is 1.27 bits per heavy atom. The maximum Gasteiger partial charge on any atom is 0.307 e. The molecule has 6 nitrogen and oxygen atoms in total. The quantitative estimate of drug-likeness (QED) is 0.895. The number of amides is 1. The second-order valence-corrected chi connectivity index (χ2v) is 7.54. The van der Waals surface area contributed by atoms with Crippen LogP contribution in [0.25, 0.3) is 0 Å². The third-order valence-electron chi connectivity index (χ3n) is 5.00. The molecule has 0 saturated heterocycles. The van der Waals surface area contributed by atoms with Crippen molar-refractivity contribution in [2.24, 2.45) is 23.7 Å². The number of rotatable bonds is 3. The molecule has 0 aliphatic heterocycles. The predicted molar refractivity (Wildman–Crippen MR) is 79.3 cm³/mol. The third kappa shape index (κ3) is 2.51. The van der Waals surface area contributed by atoms with Crippen LogP contribution in [0.2, 0.25) is 0 Å². The van der Waals surface area contributed by atoms with Crippen molar-refractivity contribution in [2.75, 3.05) is 5.32 Å². The van der Waals surface area contributed by atoms with Crippen molar-refractivity contribution < 1.29 is 19.2 Å². The Balaban J connectivity index is 1.74. The number of hydrogen-bond acceptors (Lipinski definition) is 4. The van der Waals surface area contributed by atoms with E-state index in [1.807, 2.05) is 20.8 Å². The highest BCUT2D eigenvalue weighted by molar-refractivity contribution is 5.95. The molecule has 0 spiro atoms. The van der Waals surface area contributed by atoms with Crippen LogP contribution in [0.4, 0.5) is 5.82 Å². The minimum absolute atomic E-state index is 0.140. The van der Waals surface area contributed by atoms with Gasteiger partial charge >= 0.3 is 5.97 Å². The zero-order valence-corrected chi connectivity index (χ0v) is 13.1. The molecular weight excluding hydrogens is 284 g/mol. The van der Waals surface area contributed by atoms with E-state index in [9.17, 15) is 14.7 Å². The number of carboxylic acid groups (broad SMARTS) is 1. The van der Waals surface area contributed by atoms with Gasteiger partial charge in [-0.25, -0.2) is 0 Å². The summed E-state index contributed by atoms with van der Waals surface area (Å²) < 4.78 is 5.25. The summed E-state index contributed by atoms with van der Waals surface area (Å²) in [5, 5.41) is 16.0. The van der Waals surface area contributed by atoms with Crippen LogP contribution in [0, 0.1) is 23.7 Å². The summed E-state index contributed by atoms with van der Waals surface area (Å²) >= 11 is 0. The van der Waals surface area contributed by atoms with Crippen LogP contribution >= 0.6 is 0 Å². The second kappa shape index (κ2) is 5.11. The van der Waals surface area contributed by atoms with Gasteiger partial charge in [-0.1, -0.05) is 25.9 Å². The Bertz CT molecular complexity index is 602. The van der Waals surface area contributed by atoms with Gasteiger partial charge < -0.3 is 14.9 Å². The number of anilines is 1. The molecule has 4 atom stereocenters. The summed E-state index contributed by atoms with van der Waals surface area (Å²) in [5.41, 5.74) is -0.188. The molecule has 2 aliphatic carbocycles. The van der Waals surface area contributed by atoms with Crippen LogP contribution in [0.1, 0.15) is 45.8 Å². The third-order valence-corrected chi connectivity index (χ3v) is 5.00. The van der Waals surface area contributed by atoms with Gasteiger partial charge in [0, 0.05) is 11.5 Å². The Kier molecular flexibility index (Phi) is 3.50. The van der Waals surface area contributed by atoms with Crippen molar-refractivity contribution in [3.63, 3.8) is 0 Å². The summed E-state index contributed by atoms with van der Waals surface area (Å²) in [4.78, 5) is 24.0. The number of nitrogens with zero attached hydrogens (tertiary/aromatic N) is 1. The first-order valence-electron chi connectivity index (χ1n) is 7.78. The highest BCUT2D eigenvalue weighted by Gasteiger charge is 2.54. The number of aromatic nitrogens is 1. The first-order valence-corrected chi connectivity index (χ1v) is 7.78. The van der Waals surface area contributed by atoms with Gasteiger partial charge in [-0.15, -0.1) is 0 Å². The number of carbonyl (C=O) groups excluding carboxylic acids is 1. The van der Waals surface area contributed by atoms with Gasteiger partial charge in [-0.2, -0.15) is 0 Å². The Morgan fingerprint density at radius 3 is 2.45 bits per heavy atom. The van der Waals surface area contributed by atoms with E-state index < -0.39 is 17.8 Å². The SMILES string of the molecule is CC(C)(C)c1cc(NC(=O)C2C3CCC(C3)C2C(=O)O)no1. The number of fused-ring (bicyclic) bond motifs is 2. The molecule has 1 amide bonds. The van der Waals surface area contributed by atoms with Crippen molar-refractivity contribution in [1.29, 1.82) is 0 Å². The van der Waals surface area contributed by atoms with Gasteiger partial charge in [0.05, 0.1) is 11.8 Å². The minimum Gasteiger partial charge on any atom is -0.481 e. The molecule has 6 heteroatoms. The highest BCUT2D eigenvalue weighted by atomic mass is 16.5. The van der Waals surface area contributed by atoms with Crippen molar-refractivity contribution in [3.05, 3.63) is 11.8 Å². The zero-order valence-electron chi connectivity index (χ0n) is 13.1. The van der Waals surface area contributed by atoms with Gasteiger partial charge in [0.15, 0.2) is 5.82 Å². The molecule has 2 bridgehead atoms. The maximum absolute atomic E-state index is 12.5. The van der Waals surface area contributed by atoms with Gasteiger partial charge in [0.25, 0.3) is 0 Å². The first-order chi connectivity index (χ1) is 10.3. The van der Waals surface area contributed by atoms with E-state index in [-0.39, 0.29) is 23.2 Å². The first kappa shape index (κ1) is 15.1. The van der Waals surface area contributed by atoms with E-state index in [0.29, 0.717) is 11.6 Å². The molecule has 3 rings (SSSR count). The van der Waals surface area contributed by atoms with E-state index in [1.165, 1.54) is 0 Å². The fourth-order valence-corrected chi connectivity index (χ4v) is 3.92. The van der Waals surface area contributed by atoms with Crippen molar-refractivity contribution >= 4 is 17.7 Å². The topological polar surface area (TPSA) is 92.4 Å². The minimum atomic E-state index is -0.858. The summed E-state index contributed by atoms with van der Waals surface area (Å²) in [6.07, 6.45) is 2.71. The predicted octanol–water partition coefficient (Wildman–Crippen LogP) is 2.66. The molecular formula is C16H22N2O4. The fourth-order valence-electron chi connectivity index (χ4n) is 3.92. The average molecular weight is 306 g/mol.